The summed E-state index contributed by atoms with van der Waals surface area (Å²) in [6.07, 6.45) is 3.18. The minimum absolute atomic E-state index is 0.237. The molecule has 0 aromatic heterocycles. The first-order chi connectivity index (χ1) is 5.74. The predicted octanol–water partition coefficient (Wildman–Crippen LogP) is 3.97. The lowest BCUT2D eigenvalue weighted by molar-refractivity contribution is 0.221. The maximum absolute atomic E-state index is 6.12. The Bertz CT molecular complexity index is 167. The highest BCUT2D eigenvalue weighted by atomic mass is 28.4. The topological polar surface area (TPSA) is 9.23 Å². The highest BCUT2D eigenvalue weighted by molar-refractivity contribution is 6.74. The second kappa shape index (κ2) is 4.42. The molecule has 0 bridgehead atoms. The molecule has 0 rings (SSSR count). The molecule has 0 saturated carbocycles. The van der Waals surface area contributed by atoms with Gasteiger partial charge in [-0.25, -0.2) is 0 Å². The van der Waals surface area contributed by atoms with E-state index >= 15 is 0 Å². The first kappa shape index (κ1) is 12.9. The van der Waals surface area contributed by atoms with Gasteiger partial charge in [-0.05, 0) is 24.6 Å². The summed E-state index contributed by atoms with van der Waals surface area (Å²) in [5.41, 5.74) is 0. The van der Waals surface area contributed by atoms with E-state index in [4.69, 9.17) is 4.43 Å². The molecule has 0 aliphatic heterocycles. The van der Waals surface area contributed by atoms with Crippen molar-refractivity contribution in [3.05, 3.63) is 12.7 Å². The lowest BCUT2D eigenvalue weighted by atomic mass is 10.2. The van der Waals surface area contributed by atoms with Crippen molar-refractivity contribution < 1.29 is 4.43 Å². The average molecular weight is 200 g/mol. The fourth-order valence-electron chi connectivity index (χ4n) is 0.853. The maximum Gasteiger partial charge on any atom is 0.192 e. The largest absolute Gasteiger partial charge is 0.411 e. The molecular formula is C11H24OSi. The minimum atomic E-state index is -1.58. The third kappa shape index (κ3) is 3.65. The lowest BCUT2D eigenvalue weighted by Gasteiger charge is -2.38. The molecule has 0 aliphatic carbocycles. The van der Waals surface area contributed by atoms with E-state index in [1.54, 1.807) is 0 Å². The van der Waals surface area contributed by atoms with E-state index in [1.165, 1.54) is 0 Å². The molecule has 13 heavy (non-hydrogen) atoms. The van der Waals surface area contributed by atoms with E-state index in [9.17, 15) is 0 Å². The Morgan fingerprint density at radius 3 is 2.08 bits per heavy atom. The Hall–Kier alpha value is -0.0831. The van der Waals surface area contributed by atoms with Crippen LogP contribution >= 0.6 is 0 Å². The summed E-state index contributed by atoms with van der Waals surface area (Å²) in [5.74, 6) is 0. The van der Waals surface area contributed by atoms with Crippen LogP contribution in [0.3, 0.4) is 0 Å². The molecule has 0 N–H and O–H groups in total. The smallest absolute Gasteiger partial charge is 0.192 e. The van der Waals surface area contributed by atoms with Crippen molar-refractivity contribution in [3.8, 4) is 0 Å². The van der Waals surface area contributed by atoms with E-state index in [-0.39, 0.29) is 6.10 Å². The van der Waals surface area contributed by atoms with Crippen molar-refractivity contribution >= 4 is 8.32 Å². The summed E-state index contributed by atoms with van der Waals surface area (Å²) in [7, 11) is -1.58. The van der Waals surface area contributed by atoms with E-state index in [0.29, 0.717) is 5.04 Å². The van der Waals surface area contributed by atoms with Crippen LogP contribution in [0.1, 0.15) is 34.1 Å². The maximum atomic E-state index is 6.12. The standard InChI is InChI=1S/C11H24OSi/c1-8-10(9-2)12-13(6,7)11(3,4)5/h8,10H,1,9H2,2-7H3/t10-/m0/s1. The SMILES string of the molecule is C=C[C@@H](CC)O[Si](C)(C)C(C)(C)C. The first-order valence-electron chi connectivity index (χ1n) is 5.05. The van der Waals surface area contributed by atoms with Gasteiger partial charge in [-0.15, -0.1) is 6.58 Å². The molecule has 0 radical (unpaired) electrons. The zero-order valence-electron chi connectivity index (χ0n) is 9.98. The summed E-state index contributed by atoms with van der Waals surface area (Å²) in [5, 5.41) is 0.295. The molecule has 0 aromatic carbocycles. The van der Waals surface area contributed by atoms with E-state index in [1.807, 2.05) is 6.08 Å². The van der Waals surface area contributed by atoms with Crippen LogP contribution in [0.4, 0.5) is 0 Å². The predicted molar refractivity (Wildman–Crippen MR) is 62.6 cm³/mol. The van der Waals surface area contributed by atoms with E-state index < -0.39 is 8.32 Å². The van der Waals surface area contributed by atoms with Gasteiger partial charge in [-0.1, -0.05) is 33.8 Å². The zero-order chi connectivity index (χ0) is 10.7. The summed E-state index contributed by atoms with van der Waals surface area (Å²) in [6, 6.07) is 0. The van der Waals surface area contributed by atoms with Gasteiger partial charge in [0.25, 0.3) is 0 Å². The van der Waals surface area contributed by atoms with E-state index in [0.717, 1.165) is 6.42 Å². The number of hydrogen-bond acceptors (Lipinski definition) is 1. The molecule has 0 fully saturated rings. The second-order valence-corrected chi connectivity index (χ2v) is 9.82. The minimum Gasteiger partial charge on any atom is -0.411 e. The molecule has 1 nitrogen and oxygen atoms in total. The third-order valence-electron chi connectivity index (χ3n) is 2.92. The number of rotatable bonds is 4. The molecular weight excluding hydrogens is 176 g/mol. The molecule has 2 heteroatoms. The molecule has 0 spiro atoms. The Labute approximate surface area is 84.3 Å². The van der Waals surface area contributed by atoms with Gasteiger partial charge in [0.2, 0.25) is 0 Å². The van der Waals surface area contributed by atoms with Crippen molar-refractivity contribution in [3.63, 3.8) is 0 Å². The van der Waals surface area contributed by atoms with Gasteiger partial charge in [0.1, 0.15) is 0 Å². The van der Waals surface area contributed by atoms with Crippen LogP contribution in [0.25, 0.3) is 0 Å². The van der Waals surface area contributed by atoms with Crippen LogP contribution in [0, 0.1) is 0 Å². The van der Waals surface area contributed by atoms with Crippen LogP contribution in [-0.2, 0) is 4.43 Å². The molecule has 0 heterocycles. The normalized spacial score (nSPS) is 15.5. The molecule has 78 valence electrons. The monoisotopic (exact) mass is 200 g/mol. The first-order valence-corrected chi connectivity index (χ1v) is 7.96. The number of hydrogen-bond donors (Lipinski definition) is 0. The molecule has 0 amide bonds. The van der Waals surface area contributed by atoms with Gasteiger partial charge in [0.15, 0.2) is 8.32 Å². The molecule has 0 aromatic rings. The Balaban J connectivity index is 4.40. The van der Waals surface area contributed by atoms with Crippen LogP contribution in [0.5, 0.6) is 0 Å². The van der Waals surface area contributed by atoms with Crippen LogP contribution < -0.4 is 0 Å². The molecule has 0 saturated heterocycles. The van der Waals surface area contributed by atoms with E-state index in [2.05, 4.69) is 47.4 Å². The van der Waals surface area contributed by atoms with Gasteiger partial charge in [-0.2, -0.15) is 0 Å². The highest BCUT2D eigenvalue weighted by Crippen LogP contribution is 2.37. The van der Waals surface area contributed by atoms with Gasteiger partial charge >= 0.3 is 0 Å². The van der Waals surface area contributed by atoms with Crippen LogP contribution in [0.15, 0.2) is 12.7 Å². The fourth-order valence-corrected chi connectivity index (χ4v) is 2.23. The fraction of sp³-hybridized carbons (Fsp3) is 0.818. The van der Waals surface area contributed by atoms with Gasteiger partial charge in [-0.3, -0.25) is 0 Å². The van der Waals surface area contributed by atoms with Crippen molar-refractivity contribution in [1.29, 1.82) is 0 Å². The summed E-state index contributed by atoms with van der Waals surface area (Å²) < 4.78 is 6.12. The summed E-state index contributed by atoms with van der Waals surface area (Å²) >= 11 is 0. The average Bonchev–Trinajstić information content (AvgIpc) is 1.98. The van der Waals surface area contributed by atoms with Gasteiger partial charge in [0, 0.05) is 0 Å². The van der Waals surface area contributed by atoms with Crippen molar-refractivity contribution in [2.75, 3.05) is 0 Å². The second-order valence-electron chi connectivity index (χ2n) is 5.06. The third-order valence-corrected chi connectivity index (χ3v) is 7.42. The zero-order valence-corrected chi connectivity index (χ0v) is 11.0. The van der Waals surface area contributed by atoms with Gasteiger partial charge < -0.3 is 4.43 Å². The molecule has 1 atom stereocenters. The van der Waals surface area contributed by atoms with Gasteiger partial charge in [0.05, 0.1) is 6.10 Å². The highest BCUT2D eigenvalue weighted by Gasteiger charge is 2.38. The van der Waals surface area contributed by atoms with Crippen molar-refractivity contribution in [2.24, 2.45) is 0 Å². The summed E-state index contributed by atoms with van der Waals surface area (Å²) in [6.45, 7) is 17.3. The van der Waals surface area contributed by atoms with Crippen LogP contribution in [0.2, 0.25) is 18.1 Å². The Morgan fingerprint density at radius 1 is 1.38 bits per heavy atom. The summed E-state index contributed by atoms with van der Waals surface area (Å²) in [4.78, 5) is 0. The molecule has 0 aliphatic rings. The Kier molecular flexibility index (Phi) is 4.40. The quantitative estimate of drug-likeness (QED) is 0.493. The Morgan fingerprint density at radius 2 is 1.85 bits per heavy atom. The van der Waals surface area contributed by atoms with Crippen molar-refractivity contribution in [1.82, 2.24) is 0 Å². The van der Waals surface area contributed by atoms with Crippen LogP contribution in [-0.4, -0.2) is 14.4 Å². The van der Waals surface area contributed by atoms with Crippen molar-refractivity contribution in [2.45, 2.75) is 58.4 Å². The molecule has 0 unspecified atom stereocenters. The lowest BCUT2D eigenvalue weighted by Crippen LogP contribution is -2.43.